The van der Waals surface area contributed by atoms with Crippen LogP contribution in [-0.2, 0) is 14.3 Å². The fourth-order valence-electron chi connectivity index (χ4n) is 0.968. The first-order valence-corrected chi connectivity index (χ1v) is 4.43. The lowest BCUT2D eigenvalue weighted by Gasteiger charge is -2.21. The first-order valence-electron chi connectivity index (χ1n) is 4.43. The number of hydrogen-bond donors (Lipinski definition) is 0. The molecular weight excluding hydrogens is 156 g/mol. The number of rotatable bonds is 7. The summed E-state index contributed by atoms with van der Waals surface area (Å²) in [6, 6.07) is 0. The van der Waals surface area contributed by atoms with Gasteiger partial charge in [-0.05, 0) is 13.8 Å². The van der Waals surface area contributed by atoms with Crippen molar-refractivity contribution in [3.05, 3.63) is 0 Å². The maximum atomic E-state index is 10.2. The lowest BCUT2D eigenvalue weighted by Crippen LogP contribution is -2.25. The molecule has 0 saturated carbocycles. The van der Waals surface area contributed by atoms with Crippen molar-refractivity contribution < 1.29 is 14.3 Å². The molecule has 0 spiro atoms. The van der Waals surface area contributed by atoms with Crippen LogP contribution in [0.5, 0.6) is 0 Å². The van der Waals surface area contributed by atoms with E-state index < -0.39 is 0 Å². The van der Waals surface area contributed by atoms with Gasteiger partial charge in [0.05, 0.1) is 0 Å². The van der Waals surface area contributed by atoms with E-state index in [0.29, 0.717) is 19.6 Å². The van der Waals surface area contributed by atoms with Crippen molar-refractivity contribution in [3.63, 3.8) is 0 Å². The zero-order chi connectivity index (χ0) is 9.40. The summed E-state index contributed by atoms with van der Waals surface area (Å²) in [4.78, 5) is 10.2. The maximum absolute atomic E-state index is 10.2. The Balaban J connectivity index is 3.80. The Morgan fingerprint density at radius 3 is 2.08 bits per heavy atom. The molecule has 0 N–H and O–H groups in total. The molecule has 0 rings (SSSR count). The summed E-state index contributed by atoms with van der Waals surface area (Å²) >= 11 is 0. The monoisotopic (exact) mass is 174 g/mol. The van der Waals surface area contributed by atoms with Crippen LogP contribution >= 0.6 is 0 Å². The summed E-state index contributed by atoms with van der Waals surface area (Å²) in [7, 11) is 0. The zero-order valence-electron chi connectivity index (χ0n) is 8.08. The third kappa shape index (κ3) is 4.46. The van der Waals surface area contributed by atoms with Gasteiger partial charge in [-0.2, -0.15) is 0 Å². The minimum absolute atomic E-state index is 0.141. The van der Waals surface area contributed by atoms with E-state index in [2.05, 4.69) is 0 Å². The second-order valence-corrected chi connectivity index (χ2v) is 2.66. The molecule has 12 heavy (non-hydrogen) atoms. The van der Waals surface area contributed by atoms with Gasteiger partial charge in [-0.3, -0.25) is 0 Å². The third-order valence-electron chi connectivity index (χ3n) is 1.59. The maximum Gasteiger partial charge on any atom is 0.160 e. The predicted octanol–water partition coefficient (Wildman–Crippen LogP) is 1.61. The molecule has 0 aromatic heterocycles. The second kappa shape index (κ2) is 7.25. The van der Waals surface area contributed by atoms with Crippen LogP contribution in [-0.4, -0.2) is 25.8 Å². The van der Waals surface area contributed by atoms with Crippen molar-refractivity contribution in [1.82, 2.24) is 0 Å². The molecule has 0 fully saturated rings. The summed E-state index contributed by atoms with van der Waals surface area (Å²) in [5, 5.41) is 0. The van der Waals surface area contributed by atoms with Crippen LogP contribution in [0.2, 0.25) is 0 Å². The summed E-state index contributed by atoms with van der Waals surface area (Å²) in [5.41, 5.74) is 0. The molecule has 1 unspecified atom stereocenters. The fraction of sp³-hybridized carbons (Fsp3) is 0.889. The molecule has 0 saturated heterocycles. The Kier molecular flexibility index (Phi) is 7.00. The minimum atomic E-state index is -0.231. The van der Waals surface area contributed by atoms with E-state index in [4.69, 9.17) is 9.47 Å². The molecule has 0 amide bonds. The molecule has 0 radical (unpaired) electrons. The Morgan fingerprint density at radius 2 is 1.75 bits per heavy atom. The van der Waals surface area contributed by atoms with Gasteiger partial charge in [0.15, 0.2) is 6.29 Å². The Bertz CT molecular complexity index is 108. The number of ether oxygens (including phenoxy) is 2. The van der Waals surface area contributed by atoms with Crippen molar-refractivity contribution >= 4 is 6.29 Å². The average molecular weight is 174 g/mol. The lowest BCUT2D eigenvalue weighted by atomic mass is 10.1. The van der Waals surface area contributed by atoms with E-state index in [0.717, 1.165) is 6.29 Å². The Morgan fingerprint density at radius 1 is 1.25 bits per heavy atom. The molecular formula is C9H18O3. The Hall–Kier alpha value is -0.410. The first kappa shape index (κ1) is 11.6. The van der Waals surface area contributed by atoms with Crippen molar-refractivity contribution in [2.24, 2.45) is 5.92 Å². The lowest BCUT2D eigenvalue weighted by molar-refractivity contribution is -0.165. The predicted molar refractivity (Wildman–Crippen MR) is 46.9 cm³/mol. The van der Waals surface area contributed by atoms with Gasteiger partial charge in [0.1, 0.15) is 6.29 Å². The van der Waals surface area contributed by atoms with E-state index in [1.165, 1.54) is 0 Å². The standard InChI is InChI=1S/C9H18O3/c1-4-11-9(12-5-2)8(3)6-7-10/h7-9H,4-6H2,1-3H3. The van der Waals surface area contributed by atoms with Crippen molar-refractivity contribution in [2.75, 3.05) is 13.2 Å². The van der Waals surface area contributed by atoms with Crippen LogP contribution in [0.15, 0.2) is 0 Å². The van der Waals surface area contributed by atoms with Crippen molar-refractivity contribution in [1.29, 1.82) is 0 Å². The highest BCUT2D eigenvalue weighted by Gasteiger charge is 2.16. The number of carbonyl (C=O) groups is 1. The van der Waals surface area contributed by atoms with Gasteiger partial charge in [0.25, 0.3) is 0 Å². The molecule has 0 aromatic carbocycles. The quantitative estimate of drug-likeness (QED) is 0.434. The SMILES string of the molecule is CCOC(OCC)C(C)CC=O. The highest BCUT2D eigenvalue weighted by atomic mass is 16.7. The summed E-state index contributed by atoms with van der Waals surface area (Å²) < 4.78 is 10.6. The molecule has 72 valence electrons. The van der Waals surface area contributed by atoms with Crippen molar-refractivity contribution in [2.45, 2.75) is 33.5 Å². The highest BCUT2D eigenvalue weighted by molar-refractivity contribution is 5.49. The normalized spacial score (nSPS) is 13.3. The smallest absolute Gasteiger partial charge is 0.160 e. The molecule has 0 aliphatic heterocycles. The topological polar surface area (TPSA) is 35.5 Å². The third-order valence-corrected chi connectivity index (χ3v) is 1.59. The van der Waals surface area contributed by atoms with E-state index in [1.54, 1.807) is 0 Å². The van der Waals surface area contributed by atoms with Gasteiger partial charge >= 0.3 is 0 Å². The highest BCUT2D eigenvalue weighted by Crippen LogP contribution is 2.11. The average Bonchev–Trinajstić information content (AvgIpc) is 2.04. The van der Waals surface area contributed by atoms with Gasteiger partial charge in [-0.15, -0.1) is 0 Å². The van der Waals surface area contributed by atoms with Crippen LogP contribution in [0.1, 0.15) is 27.2 Å². The first-order chi connectivity index (χ1) is 5.76. The number of hydrogen-bond acceptors (Lipinski definition) is 3. The largest absolute Gasteiger partial charge is 0.353 e. The van der Waals surface area contributed by atoms with E-state index in [9.17, 15) is 4.79 Å². The van der Waals surface area contributed by atoms with Crippen LogP contribution in [0.25, 0.3) is 0 Å². The van der Waals surface area contributed by atoms with Crippen molar-refractivity contribution in [3.8, 4) is 0 Å². The fourth-order valence-corrected chi connectivity index (χ4v) is 0.968. The van der Waals surface area contributed by atoms with Crippen LogP contribution in [0.3, 0.4) is 0 Å². The molecule has 3 nitrogen and oxygen atoms in total. The van der Waals surface area contributed by atoms with Crippen LogP contribution < -0.4 is 0 Å². The molecule has 0 heterocycles. The summed E-state index contributed by atoms with van der Waals surface area (Å²) in [6.07, 6.45) is 1.16. The zero-order valence-corrected chi connectivity index (χ0v) is 8.08. The molecule has 0 aromatic rings. The van der Waals surface area contributed by atoms with Crippen LogP contribution in [0.4, 0.5) is 0 Å². The van der Waals surface area contributed by atoms with Gasteiger partial charge in [-0.1, -0.05) is 6.92 Å². The molecule has 1 atom stereocenters. The minimum Gasteiger partial charge on any atom is -0.353 e. The number of carbonyl (C=O) groups excluding carboxylic acids is 1. The van der Waals surface area contributed by atoms with E-state index in [-0.39, 0.29) is 12.2 Å². The molecule has 0 aliphatic rings. The van der Waals surface area contributed by atoms with Gasteiger partial charge < -0.3 is 14.3 Å². The molecule has 0 aliphatic carbocycles. The summed E-state index contributed by atoms with van der Waals surface area (Å²) in [6.45, 7) is 7.02. The Labute approximate surface area is 74.0 Å². The van der Waals surface area contributed by atoms with Gasteiger partial charge in [-0.25, -0.2) is 0 Å². The van der Waals surface area contributed by atoms with Gasteiger partial charge in [0, 0.05) is 25.6 Å². The van der Waals surface area contributed by atoms with Crippen LogP contribution in [0, 0.1) is 5.92 Å². The second-order valence-electron chi connectivity index (χ2n) is 2.66. The summed E-state index contributed by atoms with van der Waals surface area (Å²) in [5.74, 6) is 0.141. The number of aldehydes is 1. The molecule has 3 heteroatoms. The van der Waals surface area contributed by atoms with Gasteiger partial charge in [0.2, 0.25) is 0 Å². The molecule has 0 bridgehead atoms. The van der Waals surface area contributed by atoms with E-state index in [1.807, 2.05) is 20.8 Å². The van der Waals surface area contributed by atoms with E-state index >= 15 is 0 Å².